The van der Waals surface area contributed by atoms with Crippen LogP contribution in [0.3, 0.4) is 0 Å². The van der Waals surface area contributed by atoms with E-state index in [9.17, 15) is 9.59 Å². The number of nitrogens with zero attached hydrogens (tertiary/aromatic N) is 2. The summed E-state index contributed by atoms with van der Waals surface area (Å²) in [4.78, 5) is 30.4. The van der Waals surface area contributed by atoms with E-state index in [4.69, 9.17) is 0 Å². The molecular weight excluding hydrogens is 326 g/mol. The van der Waals surface area contributed by atoms with Crippen LogP contribution in [0.2, 0.25) is 0 Å². The summed E-state index contributed by atoms with van der Waals surface area (Å²) in [7, 11) is 0. The first-order valence-electron chi connectivity index (χ1n) is 9.08. The van der Waals surface area contributed by atoms with Crippen molar-refractivity contribution in [2.24, 2.45) is 0 Å². The second kappa shape index (κ2) is 8.13. The zero-order chi connectivity index (χ0) is 18.5. The molecule has 1 fully saturated rings. The lowest BCUT2D eigenvalue weighted by molar-refractivity contribution is -0.131. The molecule has 136 valence electrons. The molecule has 1 aliphatic heterocycles. The molecule has 1 aromatic carbocycles. The highest BCUT2D eigenvalue weighted by molar-refractivity contribution is 5.80. The van der Waals surface area contributed by atoms with Crippen LogP contribution in [0.4, 0.5) is 0 Å². The quantitative estimate of drug-likeness (QED) is 0.901. The lowest BCUT2D eigenvalue weighted by atomic mass is 10.0. The van der Waals surface area contributed by atoms with E-state index >= 15 is 0 Å². The van der Waals surface area contributed by atoms with Gasteiger partial charge in [-0.25, -0.2) is 0 Å². The van der Waals surface area contributed by atoms with Crippen molar-refractivity contribution < 1.29 is 9.59 Å². The molecule has 26 heavy (non-hydrogen) atoms. The van der Waals surface area contributed by atoms with Crippen LogP contribution in [0.15, 0.2) is 42.6 Å². The monoisotopic (exact) mass is 351 g/mol. The molecule has 2 heterocycles. The topological polar surface area (TPSA) is 62.3 Å². The van der Waals surface area contributed by atoms with Gasteiger partial charge in [0, 0.05) is 26.2 Å². The molecule has 2 amide bonds. The van der Waals surface area contributed by atoms with Crippen LogP contribution in [-0.4, -0.2) is 28.2 Å². The lowest BCUT2D eigenvalue weighted by Gasteiger charge is -2.25. The van der Waals surface area contributed by atoms with Crippen LogP contribution in [0.1, 0.15) is 48.2 Å². The summed E-state index contributed by atoms with van der Waals surface area (Å²) < 4.78 is 0. The molecule has 1 N–H and O–H groups in total. The number of carbonyl (C=O) groups is 2. The summed E-state index contributed by atoms with van der Waals surface area (Å²) in [5.74, 6) is 0.101. The number of aryl methyl sites for hydroxylation is 1. The largest absolute Gasteiger partial charge is 0.352 e. The molecule has 0 radical (unpaired) electrons. The van der Waals surface area contributed by atoms with Gasteiger partial charge >= 0.3 is 0 Å². The van der Waals surface area contributed by atoms with Gasteiger partial charge in [-0.3, -0.25) is 14.6 Å². The minimum atomic E-state index is -0.0575. The molecule has 0 aliphatic carbocycles. The zero-order valence-corrected chi connectivity index (χ0v) is 15.4. The predicted molar refractivity (Wildman–Crippen MR) is 100 cm³/mol. The van der Waals surface area contributed by atoms with Crippen LogP contribution >= 0.6 is 0 Å². The SMILES string of the molecule is CC(=O)NCc1ccc([C@H]2CCCN2C(=O)Cc2ccccc2C)nc1. The number of pyridine rings is 1. The third kappa shape index (κ3) is 4.28. The van der Waals surface area contributed by atoms with Gasteiger partial charge in [0.2, 0.25) is 11.8 Å². The van der Waals surface area contributed by atoms with E-state index in [1.165, 1.54) is 6.92 Å². The fourth-order valence-corrected chi connectivity index (χ4v) is 3.41. The van der Waals surface area contributed by atoms with E-state index in [1.54, 1.807) is 6.20 Å². The highest BCUT2D eigenvalue weighted by Gasteiger charge is 2.30. The molecule has 1 aromatic heterocycles. The van der Waals surface area contributed by atoms with E-state index in [2.05, 4.69) is 10.3 Å². The minimum absolute atomic E-state index is 0.0429. The molecular formula is C21H25N3O2. The van der Waals surface area contributed by atoms with Crippen molar-refractivity contribution in [3.8, 4) is 0 Å². The molecule has 2 aromatic rings. The van der Waals surface area contributed by atoms with Crippen molar-refractivity contribution in [1.82, 2.24) is 15.2 Å². The molecule has 5 nitrogen and oxygen atoms in total. The average molecular weight is 351 g/mol. The normalized spacial score (nSPS) is 16.5. The molecule has 0 saturated carbocycles. The van der Waals surface area contributed by atoms with Crippen molar-refractivity contribution in [2.75, 3.05) is 6.54 Å². The van der Waals surface area contributed by atoms with Crippen molar-refractivity contribution >= 4 is 11.8 Å². The van der Waals surface area contributed by atoms with Gasteiger partial charge in [0.05, 0.1) is 18.2 Å². The van der Waals surface area contributed by atoms with Crippen LogP contribution in [-0.2, 0) is 22.6 Å². The Hall–Kier alpha value is -2.69. The van der Waals surface area contributed by atoms with E-state index in [0.29, 0.717) is 13.0 Å². The summed E-state index contributed by atoms with van der Waals surface area (Å²) in [5, 5.41) is 2.77. The van der Waals surface area contributed by atoms with Crippen LogP contribution in [0.5, 0.6) is 0 Å². The van der Waals surface area contributed by atoms with Gasteiger partial charge in [-0.15, -0.1) is 0 Å². The summed E-state index contributed by atoms with van der Waals surface area (Å²) in [6, 6.07) is 12.0. The molecule has 0 unspecified atom stereocenters. The maximum absolute atomic E-state index is 12.8. The van der Waals surface area contributed by atoms with Gasteiger partial charge in [-0.2, -0.15) is 0 Å². The second-order valence-corrected chi connectivity index (χ2v) is 6.85. The molecule has 1 aliphatic rings. The maximum atomic E-state index is 12.8. The van der Waals surface area contributed by atoms with Crippen LogP contribution in [0.25, 0.3) is 0 Å². The molecule has 1 atom stereocenters. The fraction of sp³-hybridized carbons (Fsp3) is 0.381. The third-order valence-electron chi connectivity index (χ3n) is 4.91. The van der Waals surface area contributed by atoms with E-state index in [0.717, 1.165) is 41.8 Å². The van der Waals surface area contributed by atoms with E-state index in [-0.39, 0.29) is 17.9 Å². The lowest BCUT2D eigenvalue weighted by Crippen LogP contribution is -2.32. The number of likely N-dealkylation sites (tertiary alicyclic amines) is 1. The predicted octanol–water partition coefficient (Wildman–Crippen LogP) is 2.93. The number of amides is 2. The Labute approximate surface area is 154 Å². The van der Waals surface area contributed by atoms with Gasteiger partial charge in [-0.1, -0.05) is 30.3 Å². The number of aromatic nitrogens is 1. The summed E-state index contributed by atoms with van der Waals surface area (Å²) >= 11 is 0. The van der Waals surface area contributed by atoms with Gasteiger partial charge in [-0.05, 0) is 42.5 Å². The molecule has 5 heteroatoms. The number of benzene rings is 1. The Morgan fingerprint density at radius 2 is 2.04 bits per heavy atom. The molecule has 0 spiro atoms. The summed E-state index contributed by atoms with van der Waals surface area (Å²) in [6.45, 7) is 4.80. The summed E-state index contributed by atoms with van der Waals surface area (Å²) in [5.41, 5.74) is 4.12. The maximum Gasteiger partial charge on any atom is 0.227 e. The standard InChI is InChI=1S/C21H25N3O2/c1-15-6-3-4-7-18(15)12-21(26)24-11-5-8-20(24)19-10-9-17(14-23-19)13-22-16(2)25/h3-4,6-7,9-10,14,20H,5,8,11-13H2,1-2H3,(H,22,25)/t20-/m1/s1. The Kier molecular flexibility index (Phi) is 5.66. The zero-order valence-electron chi connectivity index (χ0n) is 15.4. The van der Waals surface area contributed by atoms with Crippen LogP contribution < -0.4 is 5.32 Å². The van der Waals surface area contributed by atoms with Crippen molar-refractivity contribution in [1.29, 1.82) is 0 Å². The first-order chi connectivity index (χ1) is 12.5. The minimum Gasteiger partial charge on any atom is -0.352 e. The fourth-order valence-electron chi connectivity index (χ4n) is 3.41. The molecule has 0 bridgehead atoms. The highest BCUT2D eigenvalue weighted by atomic mass is 16.2. The Bertz CT molecular complexity index is 786. The van der Waals surface area contributed by atoms with E-state index < -0.39 is 0 Å². The molecule has 3 rings (SSSR count). The van der Waals surface area contributed by atoms with Crippen LogP contribution in [0, 0.1) is 6.92 Å². The number of hydrogen-bond acceptors (Lipinski definition) is 3. The van der Waals surface area contributed by atoms with Crippen molar-refractivity contribution in [3.05, 3.63) is 65.0 Å². The smallest absolute Gasteiger partial charge is 0.227 e. The second-order valence-electron chi connectivity index (χ2n) is 6.85. The third-order valence-corrected chi connectivity index (χ3v) is 4.91. The van der Waals surface area contributed by atoms with Crippen molar-refractivity contribution in [2.45, 2.75) is 45.7 Å². The Morgan fingerprint density at radius 3 is 2.73 bits per heavy atom. The number of rotatable bonds is 5. The number of hydrogen-bond donors (Lipinski definition) is 1. The van der Waals surface area contributed by atoms with E-state index in [1.807, 2.05) is 48.2 Å². The van der Waals surface area contributed by atoms with Gasteiger partial charge in [0.15, 0.2) is 0 Å². The first-order valence-corrected chi connectivity index (χ1v) is 9.08. The Balaban J connectivity index is 1.68. The van der Waals surface area contributed by atoms with Crippen molar-refractivity contribution in [3.63, 3.8) is 0 Å². The van der Waals surface area contributed by atoms with Gasteiger partial charge < -0.3 is 10.2 Å². The first kappa shape index (κ1) is 18.1. The van der Waals surface area contributed by atoms with Gasteiger partial charge in [0.25, 0.3) is 0 Å². The molecule has 1 saturated heterocycles. The summed E-state index contributed by atoms with van der Waals surface area (Å²) in [6.07, 6.45) is 4.16. The van der Waals surface area contributed by atoms with Gasteiger partial charge in [0.1, 0.15) is 0 Å². The number of nitrogens with one attached hydrogen (secondary N) is 1. The highest BCUT2D eigenvalue weighted by Crippen LogP contribution is 2.31. The Morgan fingerprint density at radius 1 is 1.23 bits per heavy atom. The average Bonchev–Trinajstić information content (AvgIpc) is 3.12. The number of carbonyl (C=O) groups excluding carboxylic acids is 2.